The Bertz CT molecular complexity index is 762. The van der Waals surface area contributed by atoms with Crippen molar-refractivity contribution >= 4 is 40.1 Å². The highest BCUT2D eigenvalue weighted by Gasteiger charge is 2.25. The maximum atomic E-state index is 12.3. The number of benzene rings is 1. The molecule has 1 N–H and O–H groups in total. The number of rotatable bonds is 2. The molecular formula is C15H14ClN3O3S. The molecule has 0 radical (unpaired) electrons. The van der Waals surface area contributed by atoms with Gasteiger partial charge in [0, 0.05) is 17.8 Å². The van der Waals surface area contributed by atoms with Crippen LogP contribution in [-0.2, 0) is 17.7 Å². The average Bonchev–Trinajstić information content (AvgIpc) is 2.95. The number of amides is 2. The van der Waals surface area contributed by atoms with Gasteiger partial charge in [0.2, 0.25) is 0 Å². The normalized spacial score (nSPS) is 13.4. The molecule has 2 heterocycles. The van der Waals surface area contributed by atoms with Crippen LogP contribution in [0, 0.1) is 0 Å². The van der Waals surface area contributed by atoms with E-state index in [1.165, 1.54) is 18.4 Å². The first-order chi connectivity index (χ1) is 11.1. The quantitative estimate of drug-likeness (QED) is 0.902. The van der Waals surface area contributed by atoms with E-state index in [1.807, 2.05) is 0 Å². The van der Waals surface area contributed by atoms with Crippen LogP contribution < -0.4 is 5.32 Å². The van der Waals surface area contributed by atoms with Gasteiger partial charge in [0.15, 0.2) is 5.13 Å². The highest BCUT2D eigenvalue weighted by atomic mass is 35.5. The number of hydrogen-bond donors (Lipinski definition) is 1. The summed E-state index contributed by atoms with van der Waals surface area (Å²) >= 11 is 7.38. The van der Waals surface area contributed by atoms with E-state index in [9.17, 15) is 9.59 Å². The lowest BCUT2D eigenvalue weighted by molar-refractivity contribution is 0.102. The second-order valence-electron chi connectivity index (χ2n) is 4.96. The van der Waals surface area contributed by atoms with Crippen LogP contribution in [0.3, 0.4) is 0 Å². The smallest absolute Gasteiger partial charge is 0.409 e. The molecule has 2 amide bonds. The van der Waals surface area contributed by atoms with Crippen LogP contribution in [0.1, 0.15) is 20.9 Å². The van der Waals surface area contributed by atoms with Gasteiger partial charge in [0.1, 0.15) is 0 Å². The third-order valence-electron chi connectivity index (χ3n) is 3.50. The maximum absolute atomic E-state index is 12.3. The number of nitrogens with one attached hydrogen (secondary N) is 1. The van der Waals surface area contributed by atoms with Crippen LogP contribution >= 0.6 is 22.9 Å². The number of carbonyl (C=O) groups excluding carboxylic acids is 2. The Morgan fingerprint density at radius 3 is 2.91 bits per heavy atom. The lowest BCUT2D eigenvalue weighted by atomic mass is 10.2. The van der Waals surface area contributed by atoms with Gasteiger partial charge in [-0.25, -0.2) is 9.78 Å². The van der Waals surface area contributed by atoms with E-state index in [0.29, 0.717) is 35.2 Å². The van der Waals surface area contributed by atoms with Crippen LogP contribution in [0.2, 0.25) is 5.02 Å². The molecule has 8 heteroatoms. The highest BCUT2D eigenvalue weighted by Crippen LogP contribution is 2.29. The van der Waals surface area contributed by atoms with Crippen LogP contribution in [0.25, 0.3) is 0 Å². The number of halogens is 1. The minimum absolute atomic E-state index is 0.300. The standard InChI is InChI=1S/C15H14ClN3O3S/c1-22-15(21)19-7-6-11-12(8-19)23-14(17-11)18-13(20)9-4-2-3-5-10(9)16/h2-5H,6-8H2,1H3,(H,17,18,20). The largest absolute Gasteiger partial charge is 0.453 e. The summed E-state index contributed by atoms with van der Waals surface area (Å²) in [5.41, 5.74) is 1.31. The van der Waals surface area contributed by atoms with E-state index >= 15 is 0 Å². The topological polar surface area (TPSA) is 71.5 Å². The molecule has 1 aromatic heterocycles. The number of aromatic nitrogens is 1. The Balaban J connectivity index is 1.74. The Morgan fingerprint density at radius 1 is 1.39 bits per heavy atom. The Hall–Kier alpha value is -2.12. The first-order valence-corrected chi connectivity index (χ1v) is 8.15. The molecule has 120 valence electrons. The van der Waals surface area contributed by atoms with E-state index in [4.69, 9.17) is 16.3 Å². The number of fused-ring (bicyclic) bond motifs is 1. The van der Waals surface area contributed by atoms with E-state index < -0.39 is 0 Å². The van der Waals surface area contributed by atoms with Crippen molar-refractivity contribution in [2.75, 3.05) is 19.0 Å². The average molecular weight is 352 g/mol. The molecule has 0 unspecified atom stereocenters. The maximum Gasteiger partial charge on any atom is 0.409 e. The molecule has 3 rings (SSSR count). The summed E-state index contributed by atoms with van der Waals surface area (Å²) in [6, 6.07) is 6.84. The van der Waals surface area contributed by atoms with Gasteiger partial charge in [-0.15, -0.1) is 0 Å². The van der Waals surface area contributed by atoms with Crippen molar-refractivity contribution in [3.8, 4) is 0 Å². The van der Waals surface area contributed by atoms with E-state index in [-0.39, 0.29) is 12.0 Å². The minimum atomic E-state index is -0.356. The van der Waals surface area contributed by atoms with Gasteiger partial charge >= 0.3 is 6.09 Å². The van der Waals surface area contributed by atoms with Crippen LogP contribution in [0.4, 0.5) is 9.93 Å². The van der Waals surface area contributed by atoms with Crippen molar-refractivity contribution < 1.29 is 14.3 Å². The fraction of sp³-hybridized carbons (Fsp3) is 0.267. The van der Waals surface area contributed by atoms with Gasteiger partial charge in [-0.1, -0.05) is 35.1 Å². The summed E-state index contributed by atoms with van der Waals surface area (Å²) in [7, 11) is 1.36. The monoisotopic (exact) mass is 351 g/mol. The van der Waals surface area contributed by atoms with Crippen LogP contribution in [0.15, 0.2) is 24.3 Å². The number of anilines is 1. The Morgan fingerprint density at radius 2 is 2.17 bits per heavy atom. The third kappa shape index (κ3) is 3.30. The second kappa shape index (κ2) is 6.55. The second-order valence-corrected chi connectivity index (χ2v) is 6.46. The molecule has 1 aliphatic rings. The number of hydrogen-bond acceptors (Lipinski definition) is 5. The molecule has 0 saturated carbocycles. The van der Waals surface area contributed by atoms with Crippen LogP contribution in [-0.4, -0.2) is 35.5 Å². The molecule has 0 aliphatic carbocycles. The SMILES string of the molecule is COC(=O)N1CCc2nc(NC(=O)c3ccccc3Cl)sc2C1. The molecular weight excluding hydrogens is 338 g/mol. The predicted molar refractivity (Wildman–Crippen MR) is 88.0 cm³/mol. The van der Waals surface area contributed by atoms with Gasteiger partial charge in [-0.3, -0.25) is 10.1 Å². The molecule has 0 bridgehead atoms. The van der Waals surface area contributed by atoms with Gasteiger partial charge in [0.25, 0.3) is 5.91 Å². The zero-order valence-corrected chi connectivity index (χ0v) is 13.9. The van der Waals surface area contributed by atoms with Gasteiger partial charge < -0.3 is 9.64 Å². The van der Waals surface area contributed by atoms with E-state index in [2.05, 4.69) is 10.3 Å². The number of ether oxygens (including phenoxy) is 1. The summed E-state index contributed by atoms with van der Waals surface area (Å²) in [6.45, 7) is 1.00. The Kier molecular flexibility index (Phi) is 4.49. The van der Waals surface area contributed by atoms with Crippen molar-refractivity contribution in [1.82, 2.24) is 9.88 Å². The lowest BCUT2D eigenvalue weighted by Crippen LogP contribution is -2.35. The molecule has 23 heavy (non-hydrogen) atoms. The van der Waals surface area contributed by atoms with Crippen LogP contribution in [0.5, 0.6) is 0 Å². The first-order valence-electron chi connectivity index (χ1n) is 6.96. The fourth-order valence-electron chi connectivity index (χ4n) is 2.34. The Labute approximate surface area is 142 Å². The zero-order valence-electron chi connectivity index (χ0n) is 12.3. The first kappa shape index (κ1) is 15.8. The van der Waals surface area contributed by atoms with Gasteiger partial charge in [-0.05, 0) is 12.1 Å². The lowest BCUT2D eigenvalue weighted by Gasteiger charge is -2.24. The minimum Gasteiger partial charge on any atom is -0.453 e. The third-order valence-corrected chi connectivity index (χ3v) is 4.83. The summed E-state index contributed by atoms with van der Waals surface area (Å²) in [6.07, 6.45) is 0.286. The molecule has 0 spiro atoms. The van der Waals surface area contributed by atoms with Crippen molar-refractivity contribution in [3.05, 3.63) is 45.4 Å². The zero-order chi connectivity index (χ0) is 16.4. The van der Waals surface area contributed by atoms with Crippen molar-refractivity contribution in [3.63, 3.8) is 0 Å². The molecule has 1 aliphatic heterocycles. The molecule has 1 aromatic carbocycles. The van der Waals surface area contributed by atoms with Crippen molar-refractivity contribution in [2.24, 2.45) is 0 Å². The fourth-order valence-corrected chi connectivity index (χ4v) is 3.58. The summed E-state index contributed by atoms with van der Waals surface area (Å²) in [4.78, 5) is 30.8. The number of thiazole rings is 1. The van der Waals surface area contributed by atoms with E-state index in [1.54, 1.807) is 29.2 Å². The number of carbonyl (C=O) groups is 2. The highest BCUT2D eigenvalue weighted by molar-refractivity contribution is 7.15. The van der Waals surface area contributed by atoms with Gasteiger partial charge in [0.05, 0.1) is 29.9 Å². The molecule has 2 aromatic rings. The molecule has 0 atom stereocenters. The number of methoxy groups -OCH3 is 1. The van der Waals surface area contributed by atoms with Gasteiger partial charge in [-0.2, -0.15) is 0 Å². The molecule has 0 fully saturated rings. The summed E-state index contributed by atoms with van der Waals surface area (Å²) < 4.78 is 4.73. The molecule has 6 nitrogen and oxygen atoms in total. The van der Waals surface area contributed by atoms with Crippen molar-refractivity contribution in [1.29, 1.82) is 0 Å². The van der Waals surface area contributed by atoms with E-state index in [0.717, 1.165) is 10.6 Å². The summed E-state index contributed by atoms with van der Waals surface area (Å²) in [5, 5.41) is 3.66. The molecule has 0 saturated heterocycles. The van der Waals surface area contributed by atoms with Crippen molar-refractivity contribution in [2.45, 2.75) is 13.0 Å². The number of nitrogens with zero attached hydrogens (tertiary/aromatic N) is 2. The summed E-state index contributed by atoms with van der Waals surface area (Å²) in [5.74, 6) is -0.300. The predicted octanol–water partition coefficient (Wildman–Crippen LogP) is 3.17.